The highest BCUT2D eigenvalue weighted by Crippen LogP contribution is 2.13. The van der Waals surface area contributed by atoms with Crippen LogP contribution in [0.15, 0.2) is 12.2 Å². The van der Waals surface area contributed by atoms with Crippen molar-refractivity contribution in [1.29, 1.82) is 0 Å². The molecule has 0 aliphatic rings. The number of aliphatic hydroxyl groups is 1. The number of methoxy groups -OCH3 is 1. The molecular formula is C19H36O3. The van der Waals surface area contributed by atoms with Crippen molar-refractivity contribution in [3.63, 3.8) is 0 Å². The summed E-state index contributed by atoms with van der Waals surface area (Å²) in [5.41, 5.74) is 0. The van der Waals surface area contributed by atoms with Gasteiger partial charge in [-0.3, -0.25) is 0 Å². The van der Waals surface area contributed by atoms with Crippen LogP contribution in [-0.4, -0.2) is 24.3 Å². The number of aliphatic hydroxyl groups excluding tert-OH is 1. The monoisotopic (exact) mass is 312 g/mol. The van der Waals surface area contributed by atoms with E-state index >= 15 is 0 Å². The van der Waals surface area contributed by atoms with E-state index in [0.717, 1.165) is 12.8 Å². The number of unbranched alkanes of at least 4 members (excludes halogenated alkanes) is 11. The highest BCUT2D eigenvalue weighted by atomic mass is 16.5. The summed E-state index contributed by atoms with van der Waals surface area (Å²) in [4.78, 5) is 10.9. The molecule has 3 nitrogen and oxygen atoms in total. The predicted octanol–water partition coefficient (Wildman–Crippen LogP) is 5.17. The lowest BCUT2D eigenvalue weighted by molar-refractivity contribution is -0.134. The van der Waals surface area contributed by atoms with E-state index in [9.17, 15) is 9.90 Å². The van der Waals surface area contributed by atoms with Crippen molar-refractivity contribution in [2.24, 2.45) is 0 Å². The molecule has 22 heavy (non-hydrogen) atoms. The largest absolute Gasteiger partial charge is 0.466 e. The number of ether oxygens (including phenoxy) is 1. The molecule has 0 fully saturated rings. The van der Waals surface area contributed by atoms with E-state index in [1.165, 1.54) is 89.9 Å². The SMILES string of the molecule is CCCCCCCCCCCCCCC(O)/C=C/C(=O)OC. The number of esters is 1. The average Bonchev–Trinajstić information content (AvgIpc) is 2.53. The van der Waals surface area contributed by atoms with Crippen molar-refractivity contribution in [2.45, 2.75) is 96.5 Å². The first-order chi connectivity index (χ1) is 10.7. The number of carbonyl (C=O) groups is 1. The number of carbonyl (C=O) groups excluding carboxylic acids is 1. The molecule has 1 N–H and O–H groups in total. The molecule has 0 spiro atoms. The molecule has 0 amide bonds. The highest BCUT2D eigenvalue weighted by Gasteiger charge is 2.01. The van der Waals surface area contributed by atoms with E-state index in [-0.39, 0.29) is 0 Å². The van der Waals surface area contributed by atoms with Gasteiger partial charge in [-0.05, 0) is 12.5 Å². The summed E-state index contributed by atoms with van der Waals surface area (Å²) in [6.45, 7) is 2.26. The standard InChI is InChI=1S/C19H36O3/c1-3-4-5-6-7-8-9-10-11-12-13-14-15-18(20)16-17-19(21)22-2/h16-18,20H,3-15H2,1-2H3/b17-16+. The molecule has 0 aromatic rings. The molecule has 0 heterocycles. The molecule has 0 aromatic heterocycles. The molecule has 0 aliphatic heterocycles. The van der Waals surface area contributed by atoms with Crippen LogP contribution in [0.1, 0.15) is 90.4 Å². The lowest BCUT2D eigenvalue weighted by Crippen LogP contribution is -2.04. The minimum absolute atomic E-state index is 0.409. The van der Waals surface area contributed by atoms with Gasteiger partial charge in [0.1, 0.15) is 0 Å². The lowest BCUT2D eigenvalue weighted by atomic mass is 10.0. The predicted molar refractivity (Wildman–Crippen MR) is 92.9 cm³/mol. The first-order valence-corrected chi connectivity index (χ1v) is 9.15. The zero-order valence-electron chi connectivity index (χ0n) is 14.7. The second-order valence-electron chi connectivity index (χ2n) is 6.13. The van der Waals surface area contributed by atoms with Gasteiger partial charge in [0.15, 0.2) is 0 Å². The van der Waals surface area contributed by atoms with Gasteiger partial charge >= 0.3 is 5.97 Å². The average molecular weight is 312 g/mol. The molecular weight excluding hydrogens is 276 g/mol. The number of hydrogen-bond donors (Lipinski definition) is 1. The van der Waals surface area contributed by atoms with Crippen LogP contribution in [0.2, 0.25) is 0 Å². The normalized spacial score (nSPS) is 12.7. The summed E-state index contributed by atoms with van der Waals surface area (Å²) in [6, 6.07) is 0. The van der Waals surface area contributed by atoms with E-state index < -0.39 is 12.1 Å². The molecule has 1 atom stereocenters. The van der Waals surface area contributed by atoms with Gasteiger partial charge in [0, 0.05) is 6.08 Å². The van der Waals surface area contributed by atoms with Crippen LogP contribution in [0.3, 0.4) is 0 Å². The maximum absolute atomic E-state index is 10.9. The van der Waals surface area contributed by atoms with Gasteiger partial charge in [-0.2, -0.15) is 0 Å². The van der Waals surface area contributed by atoms with Gasteiger partial charge in [-0.15, -0.1) is 0 Å². The van der Waals surface area contributed by atoms with Crippen LogP contribution in [-0.2, 0) is 9.53 Å². The molecule has 0 saturated heterocycles. The van der Waals surface area contributed by atoms with Gasteiger partial charge in [0.25, 0.3) is 0 Å². The second-order valence-corrected chi connectivity index (χ2v) is 6.13. The Balaban J connectivity index is 3.23. The summed E-state index contributed by atoms with van der Waals surface area (Å²) in [5.74, 6) is -0.409. The zero-order valence-corrected chi connectivity index (χ0v) is 14.7. The third-order valence-corrected chi connectivity index (χ3v) is 4.01. The van der Waals surface area contributed by atoms with E-state index in [4.69, 9.17) is 0 Å². The first kappa shape index (κ1) is 21.2. The van der Waals surface area contributed by atoms with Gasteiger partial charge in [-0.1, -0.05) is 84.0 Å². The Morgan fingerprint density at radius 2 is 1.36 bits per heavy atom. The molecule has 0 aliphatic carbocycles. The second kappa shape index (κ2) is 16.5. The summed E-state index contributed by atoms with van der Waals surface area (Å²) < 4.78 is 4.48. The molecule has 0 rings (SSSR count). The summed E-state index contributed by atoms with van der Waals surface area (Å²) in [6.07, 6.45) is 18.8. The number of hydrogen-bond acceptors (Lipinski definition) is 3. The minimum Gasteiger partial charge on any atom is -0.466 e. The fourth-order valence-corrected chi connectivity index (χ4v) is 2.55. The highest BCUT2D eigenvalue weighted by molar-refractivity contribution is 5.81. The van der Waals surface area contributed by atoms with Gasteiger partial charge in [0.2, 0.25) is 0 Å². The van der Waals surface area contributed by atoms with Crippen molar-refractivity contribution in [3.05, 3.63) is 12.2 Å². The Bertz CT molecular complexity index is 274. The fourth-order valence-electron chi connectivity index (χ4n) is 2.55. The van der Waals surface area contributed by atoms with Crippen LogP contribution < -0.4 is 0 Å². The van der Waals surface area contributed by atoms with Crippen molar-refractivity contribution < 1.29 is 14.6 Å². The Hall–Kier alpha value is -0.830. The topological polar surface area (TPSA) is 46.5 Å². The summed E-state index contributed by atoms with van der Waals surface area (Å²) in [5, 5.41) is 9.66. The Kier molecular flexibility index (Phi) is 15.9. The first-order valence-electron chi connectivity index (χ1n) is 9.15. The molecule has 130 valence electrons. The van der Waals surface area contributed by atoms with E-state index in [0.29, 0.717) is 0 Å². The Morgan fingerprint density at radius 3 is 1.82 bits per heavy atom. The van der Waals surface area contributed by atoms with E-state index in [1.54, 1.807) is 0 Å². The molecule has 0 bridgehead atoms. The fraction of sp³-hybridized carbons (Fsp3) is 0.842. The van der Waals surface area contributed by atoms with Crippen LogP contribution in [0.4, 0.5) is 0 Å². The van der Waals surface area contributed by atoms with Gasteiger partial charge in [-0.25, -0.2) is 4.79 Å². The van der Waals surface area contributed by atoms with Crippen LogP contribution in [0.25, 0.3) is 0 Å². The summed E-state index contributed by atoms with van der Waals surface area (Å²) in [7, 11) is 1.34. The molecule has 0 saturated carbocycles. The van der Waals surface area contributed by atoms with Crippen LogP contribution >= 0.6 is 0 Å². The van der Waals surface area contributed by atoms with Crippen molar-refractivity contribution in [1.82, 2.24) is 0 Å². The quantitative estimate of drug-likeness (QED) is 0.258. The van der Waals surface area contributed by atoms with Crippen molar-refractivity contribution in [3.8, 4) is 0 Å². The molecule has 1 unspecified atom stereocenters. The Morgan fingerprint density at radius 1 is 0.909 bits per heavy atom. The van der Waals surface area contributed by atoms with Gasteiger partial charge < -0.3 is 9.84 Å². The van der Waals surface area contributed by atoms with E-state index in [1.807, 2.05) is 0 Å². The van der Waals surface area contributed by atoms with Gasteiger partial charge in [0.05, 0.1) is 13.2 Å². The molecule has 0 aromatic carbocycles. The van der Waals surface area contributed by atoms with E-state index in [2.05, 4.69) is 11.7 Å². The van der Waals surface area contributed by atoms with Crippen LogP contribution in [0, 0.1) is 0 Å². The Labute approximate surface area is 137 Å². The lowest BCUT2D eigenvalue weighted by Gasteiger charge is -2.05. The maximum atomic E-state index is 10.9. The zero-order chi connectivity index (χ0) is 16.5. The number of rotatable bonds is 15. The van der Waals surface area contributed by atoms with Crippen molar-refractivity contribution >= 4 is 5.97 Å². The van der Waals surface area contributed by atoms with Crippen LogP contribution in [0.5, 0.6) is 0 Å². The maximum Gasteiger partial charge on any atom is 0.330 e. The van der Waals surface area contributed by atoms with Crippen molar-refractivity contribution in [2.75, 3.05) is 7.11 Å². The molecule has 3 heteroatoms. The minimum atomic E-state index is -0.526. The third kappa shape index (κ3) is 15.6. The third-order valence-electron chi connectivity index (χ3n) is 4.01. The summed E-state index contributed by atoms with van der Waals surface area (Å²) >= 11 is 0. The smallest absolute Gasteiger partial charge is 0.330 e. The molecule has 0 radical (unpaired) electrons.